The summed E-state index contributed by atoms with van der Waals surface area (Å²) >= 11 is 2.78. The highest BCUT2D eigenvalue weighted by molar-refractivity contribution is 7.94. The number of ether oxygens (including phenoxy) is 1. The Labute approximate surface area is 266 Å². The van der Waals surface area contributed by atoms with Gasteiger partial charge in [0.1, 0.15) is 9.22 Å². The lowest BCUT2D eigenvalue weighted by Gasteiger charge is -2.29. The highest BCUT2D eigenvalue weighted by Gasteiger charge is 2.40. The van der Waals surface area contributed by atoms with Crippen molar-refractivity contribution in [2.24, 2.45) is 5.92 Å². The van der Waals surface area contributed by atoms with Gasteiger partial charge in [-0.05, 0) is 63.7 Å². The van der Waals surface area contributed by atoms with Gasteiger partial charge in [0, 0.05) is 35.6 Å². The van der Waals surface area contributed by atoms with Gasteiger partial charge in [-0.2, -0.15) is 13.2 Å². The second-order valence-electron chi connectivity index (χ2n) is 10.5. The van der Waals surface area contributed by atoms with Crippen LogP contribution in [0.1, 0.15) is 38.5 Å². The van der Waals surface area contributed by atoms with Crippen molar-refractivity contribution in [1.29, 1.82) is 0 Å². The Morgan fingerprint density at radius 1 is 1.24 bits per heavy atom. The van der Waals surface area contributed by atoms with E-state index in [0.29, 0.717) is 23.0 Å². The highest BCUT2D eigenvalue weighted by Crippen LogP contribution is 2.36. The maximum Gasteiger partial charge on any atom is 0.490 e. The van der Waals surface area contributed by atoms with E-state index in [4.69, 9.17) is 0 Å². The number of piperidine rings is 1. The number of hydrogen-bond donors (Lipinski definition) is 2. The molecule has 0 saturated carbocycles. The molecule has 1 saturated heterocycles. The van der Waals surface area contributed by atoms with Crippen molar-refractivity contribution in [3.05, 3.63) is 52.9 Å². The van der Waals surface area contributed by atoms with Crippen LogP contribution >= 0.6 is 22.7 Å². The average molecular weight is 687 g/mol. The number of carbonyl (C=O) groups excluding carboxylic acids is 1. The molecule has 10 nitrogen and oxygen atoms in total. The molecule has 0 radical (unpaired) electrons. The van der Waals surface area contributed by atoms with Crippen molar-refractivity contribution in [3.8, 4) is 10.7 Å². The van der Waals surface area contributed by atoms with E-state index in [-0.39, 0.29) is 18.6 Å². The molecular weight excluding hydrogens is 654 g/mol. The van der Waals surface area contributed by atoms with Gasteiger partial charge in [0.05, 0.1) is 29.4 Å². The number of alkyl halides is 3. The van der Waals surface area contributed by atoms with Crippen LogP contribution < -0.4 is 4.31 Å². The summed E-state index contributed by atoms with van der Waals surface area (Å²) in [5.74, 6) is -3.17. The van der Waals surface area contributed by atoms with Gasteiger partial charge in [-0.15, -0.1) is 22.7 Å². The molecule has 16 heteroatoms. The maximum atomic E-state index is 13.5. The first-order valence-electron chi connectivity index (χ1n) is 14.1. The number of aromatic amines is 1. The van der Waals surface area contributed by atoms with Crippen LogP contribution in [0.2, 0.25) is 0 Å². The fraction of sp³-hybridized carbons (Fsp3) is 0.414. The van der Waals surface area contributed by atoms with E-state index < -0.39 is 28.1 Å². The van der Waals surface area contributed by atoms with Crippen molar-refractivity contribution in [3.63, 3.8) is 0 Å². The molecule has 1 atom stereocenters. The van der Waals surface area contributed by atoms with Crippen LogP contribution in [0.25, 0.3) is 21.6 Å². The van der Waals surface area contributed by atoms with Crippen LogP contribution in [0.15, 0.2) is 52.2 Å². The average Bonchev–Trinajstić information content (AvgIpc) is 3.74. The van der Waals surface area contributed by atoms with Gasteiger partial charge in [0.25, 0.3) is 10.0 Å². The number of benzene rings is 1. The fourth-order valence-electron chi connectivity index (χ4n) is 4.97. The molecule has 4 aromatic rings. The molecule has 244 valence electrons. The lowest BCUT2D eigenvalue weighted by Crippen LogP contribution is -2.37. The number of rotatable bonds is 9. The zero-order chi connectivity index (χ0) is 32.9. The normalized spacial score (nSPS) is 15.9. The second kappa shape index (κ2) is 14.3. The summed E-state index contributed by atoms with van der Waals surface area (Å²) in [4.78, 5) is 32.4. The number of aliphatic carboxylic acids is 1. The number of fused-ring (bicyclic) bond motifs is 1. The number of para-hydroxylation sites is 1. The number of sulfonamides is 1. The van der Waals surface area contributed by atoms with Crippen molar-refractivity contribution in [2.75, 3.05) is 24.0 Å². The SMILES string of the molecule is CC(C)N(c1cccc2cc(-c3ncc(CN4CCCC(C(=O)O)C4)s3)[nH]c12)S(=O)(=O)c1cccs1.CCOC(=O)C(F)(F)F. The molecule has 1 fully saturated rings. The minimum Gasteiger partial charge on any atom is -0.481 e. The summed E-state index contributed by atoms with van der Waals surface area (Å²) < 4.78 is 65.9. The predicted octanol–water partition coefficient (Wildman–Crippen LogP) is 6.37. The predicted molar refractivity (Wildman–Crippen MR) is 167 cm³/mol. The lowest BCUT2D eigenvalue weighted by atomic mass is 9.98. The van der Waals surface area contributed by atoms with Crippen LogP contribution in [0.4, 0.5) is 18.9 Å². The highest BCUT2D eigenvalue weighted by atomic mass is 32.2. The van der Waals surface area contributed by atoms with Crippen LogP contribution in [0.3, 0.4) is 0 Å². The Morgan fingerprint density at radius 3 is 2.60 bits per heavy atom. The summed E-state index contributed by atoms with van der Waals surface area (Å²) in [6.45, 7) is 6.92. The number of anilines is 1. The third-order valence-corrected chi connectivity index (χ3v) is 11.3. The van der Waals surface area contributed by atoms with Gasteiger partial charge in [0.15, 0.2) is 0 Å². The fourth-order valence-corrected chi connectivity index (χ4v) is 8.65. The monoisotopic (exact) mass is 686 g/mol. The van der Waals surface area contributed by atoms with Crippen molar-refractivity contribution >= 4 is 61.2 Å². The first kappa shape index (κ1) is 34.4. The number of thiazole rings is 1. The smallest absolute Gasteiger partial charge is 0.481 e. The number of halogens is 3. The van der Waals surface area contributed by atoms with Crippen LogP contribution in [0.5, 0.6) is 0 Å². The number of carboxylic acid groups (broad SMARTS) is 1. The number of hydrogen-bond acceptors (Lipinski definition) is 9. The van der Waals surface area contributed by atoms with Gasteiger partial charge < -0.3 is 14.8 Å². The molecular formula is C29H33F3N4O6S3. The van der Waals surface area contributed by atoms with Gasteiger partial charge in [-0.1, -0.05) is 18.2 Å². The number of carbonyl (C=O) groups is 2. The quantitative estimate of drug-likeness (QED) is 0.194. The Bertz CT molecular complexity index is 1720. The third kappa shape index (κ3) is 8.23. The summed E-state index contributed by atoms with van der Waals surface area (Å²) in [7, 11) is -3.71. The number of nitrogens with zero attached hydrogens (tertiary/aromatic N) is 3. The topological polar surface area (TPSA) is 133 Å². The van der Waals surface area contributed by atoms with E-state index in [0.717, 1.165) is 45.9 Å². The van der Waals surface area contributed by atoms with Crippen molar-refractivity contribution in [2.45, 2.75) is 56.6 Å². The number of H-pyrrole nitrogens is 1. The summed E-state index contributed by atoms with van der Waals surface area (Å²) in [6, 6.07) is 10.8. The first-order chi connectivity index (χ1) is 21.2. The minimum absolute atomic E-state index is 0.252. The van der Waals surface area contributed by atoms with E-state index in [1.54, 1.807) is 28.8 Å². The van der Waals surface area contributed by atoms with Crippen LogP contribution in [-0.4, -0.2) is 72.2 Å². The van der Waals surface area contributed by atoms with E-state index in [2.05, 4.69) is 19.6 Å². The maximum absolute atomic E-state index is 13.5. The molecule has 1 aliphatic rings. The van der Waals surface area contributed by atoms with E-state index in [1.165, 1.54) is 22.6 Å². The number of carboxylic acids is 1. The Morgan fingerprint density at radius 2 is 2.00 bits per heavy atom. The van der Waals surface area contributed by atoms with Crippen LogP contribution in [0, 0.1) is 5.92 Å². The largest absolute Gasteiger partial charge is 0.490 e. The molecule has 5 rings (SSSR count). The number of nitrogens with one attached hydrogen (secondary N) is 1. The molecule has 45 heavy (non-hydrogen) atoms. The van der Waals surface area contributed by atoms with Gasteiger partial charge in [0.2, 0.25) is 0 Å². The summed E-state index contributed by atoms with van der Waals surface area (Å²) in [6.07, 6.45) is -1.39. The van der Waals surface area contributed by atoms with Gasteiger partial charge >= 0.3 is 18.1 Å². The third-order valence-electron chi connectivity index (χ3n) is 6.87. The number of thiophene rings is 1. The number of esters is 1. The first-order valence-corrected chi connectivity index (χ1v) is 17.2. The second-order valence-corrected chi connectivity index (χ2v) is 14.6. The van der Waals surface area contributed by atoms with E-state index >= 15 is 0 Å². The molecule has 1 aliphatic heterocycles. The molecule has 2 N–H and O–H groups in total. The van der Waals surface area contributed by atoms with Crippen molar-refractivity contribution in [1.82, 2.24) is 14.9 Å². The van der Waals surface area contributed by atoms with Crippen LogP contribution in [-0.2, 0) is 30.9 Å². The van der Waals surface area contributed by atoms with E-state index in [1.807, 2.05) is 44.3 Å². The molecule has 0 aliphatic carbocycles. The number of aromatic nitrogens is 2. The summed E-state index contributed by atoms with van der Waals surface area (Å²) in [5.41, 5.74) is 2.18. The molecule has 3 aromatic heterocycles. The minimum atomic E-state index is -4.85. The zero-order valence-electron chi connectivity index (χ0n) is 24.7. The molecule has 0 bridgehead atoms. The molecule has 4 heterocycles. The Hall–Kier alpha value is -3.47. The Balaban J connectivity index is 0.000000448. The zero-order valence-corrected chi connectivity index (χ0v) is 27.2. The number of likely N-dealkylation sites (tertiary alicyclic amines) is 1. The molecule has 1 unspecified atom stereocenters. The Kier molecular flexibility index (Phi) is 10.9. The van der Waals surface area contributed by atoms with Crippen molar-refractivity contribution < 1.29 is 41.0 Å². The summed E-state index contributed by atoms with van der Waals surface area (Å²) in [5, 5.41) is 12.9. The molecule has 0 amide bonds. The standard InChI is InChI=1S/C25H28N4O4S3.C4H5F3O2/c1-16(2)29(36(32,33)22-9-5-11-34-22)21-8-3-6-17-12-20(27-23(17)21)24-26-13-19(35-24)15-28-10-4-7-18(14-28)25(30)31;1-2-9-3(8)4(5,6)7/h3,5-6,8-9,11-13,16,18,27H,4,7,10,14-15H2,1-2H3,(H,30,31);2H2,1H3. The van der Waals surface area contributed by atoms with E-state index in [9.17, 15) is 36.3 Å². The van der Waals surface area contributed by atoms with Gasteiger partial charge in [-0.25, -0.2) is 18.2 Å². The van der Waals surface area contributed by atoms with Gasteiger partial charge in [-0.3, -0.25) is 14.0 Å². The molecule has 0 spiro atoms. The lowest BCUT2D eigenvalue weighted by molar-refractivity contribution is -0.199. The molecule has 1 aromatic carbocycles.